The van der Waals surface area contributed by atoms with E-state index in [9.17, 15) is 0 Å². The van der Waals surface area contributed by atoms with E-state index < -0.39 is 0 Å². The number of hydrogen-bond acceptors (Lipinski definition) is 1. The Balaban J connectivity index is 1.72. The monoisotopic (exact) mass is 378 g/mol. The molecule has 1 saturated heterocycles. The molecule has 2 heteroatoms. The number of aryl methyl sites for hydroxylation is 1. The first kappa shape index (κ1) is 20.9. The molecule has 0 N–H and O–H groups in total. The third kappa shape index (κ3) is 4.97. The first-order valence-electron chi connectivity index (χ1n) is 11.4. The highest BCUT2D eigenvalue weighted by Gasteiger charge is 2.18. The minimum atomic E-state index is 0.976. The second-order valence-electron chi connectivity index (χ2n) is 8.21. The van der Waals surface area contributed by atoms with Gasteiger partial charge in [0.15, 0.2) is 0 Å². The Labute approximate surface area is 171 Å². The Morgan fingerprint density at radius 1 is 1.04 bits per heavy atom. The largest absolute Gasteiger partial charge is 0.340 e. The molecule has 0 spiro atoms. The van der Waals surface area contributed by atoms with Crippen molar-refractivity contribution in [3.63, 3.8) is 0 Å². The zero-order valence-electron chi connectivity index (χ0n) is 18.2. The maximum atomic E-state index is 2.69. The third-order valence-electron chi connectivity index (χ3n) is 6.16. The lowest BCUT2D eigenvalue weighted by Gasteiger charge is -2.31. The molecule has 0 atom stereocenters. The van der Waals surface area contributed by atoms with E-state index in [2.05, 4.69) is 78.8 Å². The lowest BCUT2D eigenvalue weighted by Crippen LogP contribution is -2.34. The summed E-state index contributed by atoms with van der Waals surface area (Å²) in [6.07, 6.45) is 16.9. The number of para-hydroxylation sites is 1. The number of benzene rings is 1. The van der Waals surface area contributed by atoms with Crippen LogP contribution >= 0.6 is 0 Å². The zero-order chi connectivity index (χ0) is 19.8. The number of fused-ring (bicyclic) bond motifs is 1. The van der Waals surface area contributed by atoms with Gasteiger partial charge in [-0.05, 0) is 70.3 Å². The highest BCUT2D eigenvalue weighted by atomic mass is 15.1. The van der Waals surface area contributed by atoms with E-state index in [1.54, 1.807) is 0 Å². The second kappa shape index (κ2) is 10.7. The van der Waals surface area contributed by atoms with Crippen molar-refractivity contribution < 1.29 is 0 Å². The standard InChI is InChI=1S/C26H38N2/c1-4-7-13-23-24-14-8-9-15-26(24)28(25(23)12-6-3)19-10-18-27-20-16-22(11-5-2)17-21-27/h6-9,12-15,22H,4-5,10-11,16-21H2,1-3H3/b12-6-,13-7+. The summed E-state index contributed by atoms with van der Waals surface area (Å²) in [5, 5.41) is 1.38. The van der Waals surface area contributed by atoms with Gasteiger partial charge in [0.25, 0.3) is 0 Å². The number of nitrogens with zero attached hydrogens (tertiary/aromatic N) is 2. The van der Waals surface area contributed by atoms with Crippen molar-refractivity contribution in [3.8, 4) is 0 Å². The van der Waals surface area contributed by atoms with E-state index in [4.69, 9.17) is 0 Å². The molecule has 1 aliphatic heterocycles. The molecule has 0 unspecified atom stereocenters. The van der Waals surface area contributed by atoms with E-state index in [0.29, 0.717) is 0 Å². The third-order valence-corrected chi connectivity index (χ3v) is 6.16. The Morgan fingerprint density at radius 2 is 1.82 bits per heavy atom. The highest BCUT2D eigenvalue weighted by molar-refractivity contribution is 5.94. The maximum Gasteiger partial charge on any atom is 0.0491 e. The summed E-state index contributed by atoms with van der Waals surface area (Å²) in [5.41, 5.74) is 4.10. The van der Waals surface area contributed by atoms with E-state index in [1.807, 2.05) is 0 Å². The van der Waals surface area contributed by atoms with Crippen LogP contribution < -0.4 is 0 Å². The topological polar surface area (TPSA) is 8.17 Å². The molecule has 0 aliphatic carbocycles. The number of likely N-dealkylation sites (tertiary alicyclic amines) is 1. The van der Waals surface area contributed by atoms with Crippen LogP contribution in [0.25, 0.3) is 23.1 Å². The Hall–Kier alpha value is -1.80. The van der Waals surface area contributed by atoms with Gasteiger partial charge in [0.2, 0.25) is 0 Å². The molecule has 0 amide bonds. The van der Waals surface area contributed by atoms with Gasteiger partial charge in [-0.15, -0.1) is 0 Å². The fourth-order valence-electron chi connectivity index (χ4n) is 4.70. The van der Waals surface area contributed by atoms with Crippen LogP contribution in [0.4, 0.5) is 0 Å². The number of piperidine rings is 1. The quantitative estimate of drug-likeness (QED) is 0.456. The van der Waals surface area contributed by atoms with Crippen molar-refractivity contribution >= 4 is 23.1 Å². The Bertz CT molecular complexity index is 788. The van der Waals surface area contributed by atoms with Gasteiger partial charge >= 0.3 is 0 Å². The predicted molar refractivity (Wildman–Crippen MR) is 125 cm³/mol. The van der Waals surface area contributed by atoms with Gasteiger partial charge in [-0.25, -0.2) is 0 Å². The van der Waals surface area contributed by atoms with E-state index in [1.165, 1.54) is 73.9 Å². The van der Waals surface area contributed by atoms with Gasteiger partial charge in [-0.1, -0.05) is 63.1 Å². The van der Waals surface area contributed by atoms with Crippen molar-refractivity contribution in [2.45, 2.75) is 65.8 Å². The van der Waals surface area contributed by atoms with Crippen molar-refractivity contribution in [2.75, 3.05) is 19.6 Å². The fourth-order valence-corrected chi connectivity index (χ4v) is 4.70. The summed E-state index contributed by atoms with van der Waals surface area (Å²) in [4.78, 5) is 2.69. The molecule has 1 aliphatic rings. The Morgan fingerprint density at radius 3 is 2.54 bits per heavy atom. The molecule has 152 valence electrons. The van der Waals surface area contributed by atoms with Crippen LogP contribution in [0.2, 0.25) is 0 Å². The molecule has 3 rings (SSSR count). The summed E-state index contributed by atoms with van der Waals surface area (Å²) < 4.78 is 2.54. The molecule has 0 bridgehead atoms. The average molecular weight is 379 g/mol. The van der Waals surface area contributed by atoms with Gasteiger partial charge in [0.1, 0.15) is 0 Å². The van der Waals surface area contributed by atoms with Gasteiger partial charge < -0.3 is 9.47 Å². The van der Waals surface area contributed by atoms with E-state index >= 15 is 0 Å². The summed E-state index contributed by atoms with van der Waals surface area (Å²) in [5.74, 6) is 0.976. The van der Waals surface area contributed by atoms with Crippen molar-refractivity contribution in [3.05, 3.63) is 47.7 Å². The van der Waals surface area contributed by atoms with Crippen molar-refractivity contribution in [1.29, 1.82) is 0 Å². The van der Waals surface area contributed by atoms with Crippen LogP contribution in [0.15, 0.2) is 36.4 Å². The smallest absolute Gasteiger partial charge is 0.0491 e. The first-order valence-corrected chi connectivity index (χ1v) is 11.4. The van der Waals surface area contributed by atoms with E-state index in [-0.39, 0.29) is 0 Å². The van der Waals surface area contributed by atoms with Crippen LogP contribution in [-0.4, -0.2) is 29.1 Å². The van der Waals surface area contributed by atoms with Gasteiger partial charge in [-0.3, -0.25) is 0 Å². The van der Waals surface area contributed by atoms with Crippen LogP contribution in [0.5, 0.6) is 0 Å². The van der Waals surface area contributed by atoms with Crippen LogP contribution in [0.3, 0.4) is 0 Å². The lowest BCUT2D eigenvalue weighted by atomic mass is 9.92. The van der Waals surface area contributed by atoms with Crippen LogP contribution in [0, 0.1) is 5.92 Å². The molecule has 28 heavy (non-hydrogen) atoms. The van der Waals surface area contributed by atoms with Gasteiger partial charge in [0.05, 0.1) is 0 Å². The van der Waals surface area contributed by atoms with Crippen molar-refractivity contribution in [2.24, 2.45) is 5.92 Å². The molecule has 1 aromatic heterocycles. The molecule has 0 saturated carbocycles. The minimum absolute atomic E-state index is 0.976. The maximum absolute atomic E-state index is 2.69. The highest BCUT2D eigenvalue weighted by Crippen LogP contribution is 2.29. The molecule has 1 fully saturated rings. The normalized spacial score (nSPS) is 16.8. The van der Waals surface area contributed by atoms with Crippen LogP contribution in [0.1, 0.15) is 70.6 Å². The molecular weight excluding hydrogens is 340 g/mol. The lowest BCUT2D eigenvalue weighted by molar-refractivity contribution is 0.175. The number of hydrogen-bond donors (Lipinski definition) is 0. The summed E-state index contributed by atoms with van der Waals surface area (Å²) >= 11 is 0. The molecule has 2 aromatic rings. The molecule has 2 nitrogen and oxygen atoms in total. The van der Waals surface area contributed by atoms with Gasteiger partial charge in [-0.2, -0.15) is 0 Å². The fraction of sp³-hybridized carbons (Fsp3) is 0.538. The van der Waals surface area contributed by atoms with Gasteiger partial charge in [0, 0.05) is 28.7 Å². The molecule has 2 heterocycles. The minimum Gasteiger partial charge on any atom is -0.340 e. The SMILES string of the molecule is C/C=C\c1c(/C=C/CC)c2ccccc2n1CCCN1CCC(CCC)CC1. The Kier molecular flexibility index (Phi) is 7.97. The summed E-state index contributed by atoms with van der Waals surface area (Å²) in [6.45, 7) is 11.5. The predicted octanol–water partition coefficient (Wildman–Crippen LogP) is 7.00. The molecule has 0 radical (unpaired) electrons. The zero-order valence-corrected chi connectivity index (χ0v) is 18.2. The first-order chi connectivity index (χ1) is 13.8. The number of aromatic nitrogens is 1. The number of allylic oxidation sites excluding steroid dienone is 2. The summed E-state index contributed by atoms with van der Waals surface area (Å²) in [7, 11) is 0. The molecule has 1 aromatic carbocycles. The second-order valence-corrected chi connectivity index (χ2v) is 8.21. The van der Waals surface area contributed by atoms with Crippen molar-refractivity contribution in [1.82, 2.24) is 9.47 Å². The summed E-state index contributed by atoms with van der Waals surface area (Å²) in [6, 6.07) is 8.88. The van der Waals surface area contributed by atoms with Crippen LogP contribution in [-0.2, 0) is 6.54 Å². The number of rotatable bonds is 9. The van der Waals surface area contributed by atoms with E-state index in [0.717, 1.165) is 18.9 Å². The molecular formula is C26H38N2. The average Bonchev–Trinajstić information content (AvgIpc) is 3.01.